The molecule has 0 aliphatic rings. The molecule has 0 aliphatic carbocycles. The van der Waals surface area contributed by atoms with Crippen LogP contribution in [-0.2, 0) is 0 Å². The van der Waals surface area contributed by atoms with E-state index in [4.69, 9.17) is 11.6 Å². The van der Waals surface area contributed by atoms with Crippen molar-refractivity contribution in [2.24, 2.45) is 0 Å². The van der Waals surface area contributed by atoms with Crippen LogP contribution < -0.4 is 0 Å². The molecule has 1 radical (unpaired) electrons. The molecular weight excluding hydrogens is 71.5 g/mol. The average Bonchev–Trinajstić information content (AvgIpc) is 1.37. The van der Waals surface area contributed by atoms with E-state index in [1.807, 2.05) is 6.92 Å². The van der Waals surface area contributed by atoms with E-state index in [2.05, 4.69) is 5.54 Å². The highest BCUT2D eigenvalue weighted by Gasteiger charge is 1.39. The summed E-state index contributed by atoms with van der Waals surface area (Å²) < 4.78 is 0. The van der Waals surface area contributed by atoms with Crippen molar-refractivity contribution in [1.29, 1.82) is 0 Å². The SMILES string of the molecule is C/C=[C]\Cl. The van der Waals surface area contributed by atoms with Gasteiger partial charge >= 0.3 is 0 Å². The molecule has 0 aromatic rings. The van der Waals surface area contributed by atoms with Crippen LogP contribution in [0, 0.1) is 5.54 Å². The second-order valence-corrected chi connectivity index (χ2v) is 0.616. The molecule has 0 heterocycles. The molecule has 0 nitrogen and oxygen atoms in total. The molecule has 0 aromatic carbocycles. The van der Waals surface area contributed by atoms with Crippen molar-refractivity contribution in [3.63, 3.8) is 0 Å². The highest BCUT2D eigenvalue weighted by molar-refractivity contribution is 6.21. The Morgan fingerprint density at radius 3 is 2.25 bits per heavy atom. The number of allylic oxidation sites excluding steroid dienone is 1. The molecule has 0 N–H and O–H groups in total. The first kappa shape index (κ1) is 4.03. The zero-order valence-electron chi connectivity index (χ0n) is 2.46. The Morgan fingerprint density at radius 1 is 2.00 bits per heavy atom. The summed E-state index contributed by atoms with van der Waals surface area (Å²) in [5.41, 5.74) is 2.28. The Balaban J connectivity index is 2.55. The summed E-state index contributed by atoms with van der Waals surface area (Å²) in [5.74, 6) is 0. The Hall–Kier alpha value is 0.0300. The van der Waals surface area contributed by atoms with Gasteiger partial charge < -0.3 is 0 Å². The summed E-state index contributed by atoms with van der Waals surface area (Å²) in [6.45, 7) is 1.81. The molecule has 0 fully saturated rings. The maximum Gasteiger partial charge on any atom is 0.0546 e. The number of rotatable bonds is 0. The Bertz CT molecular complexity index is 18.5. The molecule has 0 saturated heterocycles. The highest BCUT2D eigenvalue weighted by Crippen LogP contribution is 1.68. The molecule has 0 aliphatic heterocycles. The van der Waals surface area contributed by atoms with Gasteiger partial charge in [-0.2, -0.15) is 0 Å². The van der Waals surface area contributed by atoms with Crippen LogP contribution in [0.5, 0.6) is 0 Å². The summed E-state index contributed by atoms with van der Waals surface area (Å²) in [4.78, 5) is 0. The Labute approximate surface area is 31.1 Å². The van der Waals surface area contributed by atoms with Crippen LogP contribution in [0.3, 0.4) is 0 Å². The van der Waals surface area contributed by atoms with E-state index in [0.29, 0.717) is 0 Å². The lowest BCUT2D eigenvalue weighted by Crippen LogP contribution is -1.22. The zero-order valence-corrected chi connectivity index (χ0v) is 3.21. The van der Waals surface area contributed by atoms with E-state index in [9.17, 15) is 0 Å². The van der Waals surface area contributed by atoms with Crippen molar-refractivity contribution in [2.45, 2.75) is 6.92 Å². The summed E-state index contributed by atoms with van der Waals surface area (Å²) in [5, 5.41) is 0. The van der Waals surface area contributed by atoms with E-state index in [-0.39, 0.29) is 0 Å². The molecule has 23 valence electrons. The minimum atomic E-state index is 1.64. The van der Waals surface area contributed by atoms with Gasteiger partial charge in [-0.25, -0.2) is 0 Å². The van der Waals surface area contributed by atoms with Gasteiger partial charge in [0.1, 0.15) is 0 Å². The third-order valence-electron chi connectivity index (χ3n) is 0.109. The smallest absolute Gasteiger partial charge is 0.0546 e. The molecule has 0 amide bonds. The fourth-order valence-electron chi connectivity index (χ4n) is 0. The Morgan fingerprint density at radius 2 is 2.25 bits per heavy atom. The molecule has 0 spiro atoms. The molecule has 1 heteroatoms. The van der Waals surface area contributed by atoms with Gasteiger partial charge in [0.15, 0.2) is 0 Å². The first-order valence-electron chi connectivity index (χ1n) is 1.06. The molecular formula is C3H4Cl. The van der Waals surface area contributed by atoms with Gasteiger partial charge in [-0.15, -0.1) is 0 Å². The molecule has 0 atom stereocenters. The first-order chi connectivity index (χ1) is 1.91. The first-order valence-corrected chi connectivity index (χ1v) is 1.43. The fraction of sp³-hybridized carbons (Fsp3) is 0.333. The lowest BCUT2D eigenvalue weighted by molar-refractivity contribution is 1.76. The molecule has 4 heavy (non-hydrogen) atoms. The monoisotopic (exact) mass is 75.0 g/mol. The van der Waals surface area contributed by atoms with Gasteiger partial charge in [0.2, 0.25) is 0 Å². The summed E-state index contributed by atoms with van der Waals surface area (Å²) in [6, 6.07) is 0. The summed E-state index contributed by atoms with van der Waals surface area (Å²) in [7, 11) is 0. The topological polar surface area (TPSA) is 0 Å². The van der Waals surface area contributed by atoms with Crippen LogP contribution >= 0.6 is 11.6 Å². The summed E-state index contributed by atoms with van der Waals surface area (Å²) in [6.07, 6.45) is 1.64. The molecule has 0 bridgehead atoms. The highest BCUT2D eigenvalue weighted by atomic mass is 35.5. The van der Waals surface area contributed by atoms with Gasteiger partial charge in [0.05, 0.1) is 5.54 Å². The second-order valence-electron chi connectivity index (χ2n) is 0.398. The van der Waals surface area contributed by atoms with E-state index >= 15 is 0 Å². The third-order valence-corrected chi connectivity index (χ3v) is 0.327. The molecule has 0 saturated carbocycles. The molecule has 0 aromatic heterocycles. The summed E-state index contributed by atoms with van der Waals surface area (Å²) >= 11 is 4.88. The van der Waals surface area contributed by atoms with Crippen molar-refractivity contribution in [1.82, 2.24) is 0 Å². The van der Waals surface area contributed by atoms with Gasteiger partial charge in [-0.05, 0) is 6.92 Å². The van der Waals surface area contributed by atoms with Gasteiger partial charge in [0, 0.05) is 0 Å². The lowest BCUT2D eigenvalue weighted by atomic mass is 10.8. The third kappa shape index (κ3) is 2.03. The Kier molecular flexibility index (Phi) is 3.05. The number of hydrogen-bond donors (Lipinski definition) is 0. The largest absolute Gasteiger partial charge is 0.0831 e. The van der Waals surface area contributed by atoms with Crippen molar-refractivity contribution in [2.75, 3.05) is 0 Å². The normalized spacial score (nSPS) is 9.50. The van der Waals surface area contributed by atoms with Crippen LogP contribution in [0.25, 0.3) is 0 Å². The molecule has 0 unspecified atom stereocenters. The minimum Gasteiger partial charge on any atom is -0.0831 e. The van der Waals surface area contributed by atoms with Crippen molar-refractivity contribution in [3.05, 3.63) is 11.6 Å². The van der Waals surface area contributed by atoms with Crippen LogP contribution in [0.1, 0.15) is 6.92 Å². The number of hydrogen-bond acceptors (Lipinski definition) is 0. The van der Waals surface area contributed by atoms with Crippen LogP contribution in [0.4, 0.5) is 0 Å². The maximum absolute atomic E-state index is 4.88. The van der Waals surface area contributed by atoms with Gasteiger partial charge in [-0.3, -0.25) is 0 Å². The second kappa shape index (κ2) is 3.03. The predicted molar refractivity (Wildman–Crippen MR) is 19.3 cm³/mol. The predicted octanol–water partition coefficient (Wildman–Crippen LogP) is 1.56. The van der Waals surface area contributed by atoms with Crippen molar-refractivity contribution in [3.8, 4) is 0 Å². The number of halogens is 1. The lowest BCUT2D eigenvalue weighted by Gasteiger charge is -1.44. The van der Waals surface area contributed by atoms with E-state index in [1.165, 1.54) is 0 Å². The standard InChI is InChI=1S/C3H4Cl/c1-2-3-4/h2H,1H3. The average molecular weight is 75.5 g/mol. The van der Waals surface area contributed by atoms with E-state index in [0.717, 1.165) is 0 Å². The van der Waals surface area contributed by atoms with Gasteiger partial charge in [-0.1, -0.05) is 17.7 Å². The quantitative estimate of drug-likeness (QED) is 0.410. The molecule has 0 rings (SSSR count). The van der Waals surface area contributed by atoms with E-state index in [1.54, 1.807) is 6.08 Å². The van der Waals surface area contributed by atoms with Crippen LogP contribution in [0.15, 0.2) is 6.08 Å². The minimum absolute atomic E-state index is 1.64. The van der Waals surface area contributed by atoms with E-state index < -0.39 is 0 Å². The van der Waals surface area contributed by atoms with Crippen molar-refractivity contribution < 1.29 is 0 Å². The fourth-order valence-corrected chi connectivity index (χ4v) is 0. The van der Waals surface area contributed by atoms with Crippen molar-refractivity contribution >= 4 is 11.6 Å². The van der Waals surface area contributed by atoms with Crippen LogP contribution in [0.2, 0.25) is 0 Å². The zero-order chi connectivity index (χ0) is 3.41. The maximum atomic E-state index is 4.88. The van der Waals surface area contributed by atoms with Crippen LogP contribution in [-0.4, -0.2) is 0 Å². The van der Waals surface area contributed by atoms with Gasteiger partial charge in [0.25, 0.3) is 0 Å².